The average molecular weight is 590 g/mol. The molecule has 0 spiro atoms. The van der Waals surface area contributed by atoms with Crippen molar-refractivity contribution in [3.63, 3.8) is 0 Å². The van der Waals surface area contributed by atoms with Crippen molar-refractivity contribution in [3.05, 3.63) is 96.1 Å². The fourth-order valence-electron chi connectivity index (χ4n) is 5.87. The van der Waals surface area contributed by atoms with E-state index in [1.54, 1.807) is 35.2 Å². The monoisotopic (exact) mass is 589 g/mol. The first kappa shape index (κ1) is 29.8. The van der Waals surface area contributed by atoms with Crippen LogP contribution in [0.3, 0.4) is 0 Å². The lowest BCUT2D eigenvalue weighted by Crippen LogP contribution is -2.53. The summed E-state index contributed by atoms with van der Waals surface area (Å²) in [4.78, 5) is 28.8. The first-order valence-electron chi connectivity index (χ1n) is 14.5. The van der Waals surface area contributed by atoms with Crippen LogP contribution < -0.4 is 10.2 Å². The van der Waals surface area contributed by atoms with Crippen LogP contribution in [-0.4, -0.2) is 49.5 Å². The molecule has 2 heterocycles. The molecule has 3 aromatic carbocycles. The molecule has 0 bridgehead atoms. The second-order valence-corrected chi connectivity index (χ2v) is 13.9. The molecule has 3 atom stereocenters. The number of hydrogen-bond acceptors (Lipinski definition) is 5. The van der Waals surface area contributed by atoms with Crippen LogP contribution in [0.25, 0.3) is 0 Å². The molecule has 0 aliphatic carbocycles. The Hall–Kier alpha value is -3.69. The highest BCUT2D eigenvalue weighted by Gasteiger charge is 2.41. The Morgan fingerprint density at radius 2 is 1.52 bits per heavy atom. The smallest absolute Gasteiger partial charge is 0.415 e. The van der Waals surface area contributed by atoms with Gasteiger partial charge in [0.25, 0.3) is 0 Å². The molecule has 8 nitrogen and oxygen atoms in total. The molecule has 1 fully saturated rings. The van der Waals surface area contributed by atoms with Crippen LogP contribution in [0.1, 0.15) is 57.2 Å². The van der Waals surface area contributed by atoms with Gasteiger partial charge in [0.2, 0.25) is 15.9 Å². The molecule has 2 aliphatic rings. The fourth-order valence-corrected chi connectivity index (χ4v) is 7.58. The molecule has 0 saturated carbocycles. The third kappa shape index (κ3) is 6.52. The van der Waals surface area contributed by atoms with Crippen molar-refractivity contribution in [2.75, 3.05) is 18.0 Å². The van der Waals surface area contributed by atoms with E-state index in [-0.39, 0.29) is 36.0 Å². The number of carbonyl (C=O) groups is 2. The van der Waals surface area contributed by atoms with Crippen LogP contribution in [0.5, 0.6) is 0 Å². The number of fused-ring (bicyclic) bond motifs is 1. The molecule has 3 aromatic rings. The van der Waals surface area contributed by atoms with E-state index < -0.39 is 27.6 Å². The minimum absolute atomic E-state index is 0.0753. The van der Waals surface area contributed by atoms with Gasteiger partial charge in [-0.05, 0) is 75.8 Å². The van der Waals surface area contributed by atoms with Gasteiger partial charge in [-0.15, -0.1) is 0 Å². The number of carbonyl (C=O) groups excluding carboxylic acids is 2. The average Bonchev–Trinajstić information content (AvgIpc) is 2.99. The Morgan fingerprint density at radius 3 is 2.21 bits per heavy atom. The number of ether oxygens (including phenoxy) is 1. The number of nitrogens with one attached hydrogen (secondary N) is 1. The summed E-state index contributed by atoms with van der Waals surface area (Å²) < 4.78 is 34.9. The number of amides is 2. The van der Waals surface area contributed by atoms with Crippen molar-refractivity contribution in [1.82, 2.24) is 9.62 Å². The maximum Gasteiger partial charge on any atom is 0.415 e. The highest BCUT2D eigenvalue weighted by atomic mass is 32.2. The molecule has 222 valence electrons. The van der Waals surface area contributed by atoms with Crippen LogP contribution in [0.2, 0.25) is 0 Å². The van der Waals surface area contributed by atoms with Gasteiger partial charge in [0.05, 0.1) is 28.6 Å². The van der Waals surface area contributed by atoms with E-state index in [2.05, 4.69) is 5.32 Å². The van der Waals surface area contributed by atoms with E-state index in [1.807, 2.05) is 75.4 Å². The Kier molecular flexibility index (Phi) is 8.70. The summed E-state index contributed by atoms with van der Waals surface area (Å²) in [7, 11) is -3.85. The van der Waals surface area contributed by atoms with E-state index >= 15 is 0 Å². The molecule has 1 saturated heterocycles. The molecule has 1 N–H and O–H groups in total. The number of hydrogen-bond donors (Lipinski definition) is 1. The number of para-hydroxylation sites is 1. The number of sulfonamides is 1. The zero-order valence-electron chi connectivity index (χ0n) is 24.4. The first-order chi connectivity index (χ1) is 20.0. The third-order valence-electron chi connectivity index (χ3n) is 7.91. The summed E-state index contributed by atoms with van der Waals surface area (Å²) in [6.45, 7) is 5.82. The van der Waals surface area contributed by atoms with E-state index in [0.717, 1.165) is 23.2 Å². The number of piperidine rings is 1. The SMILES string of the molecule is CC(C)(C)OC(=O)N1c2ccccc2CCC1CNC(=O)[C@@H]1CC[C@H](c2ccccc2)N(S(=O)(=O)c2ccccc2)C1. The lowest BCUT2D eigenvalue weighted by Gasteiger charge is -2.40. The normalized spacial score (nSPS) is 21.3. The van der Waals surface area contributed by atoms with E-state index in [1.165, 1.54) is 4.31 Å². The zero-order chi connectivity index (χ0) is 29.9. The van der Waals surface area contributed by atoms with Crippen LogP contribution in [0, 0.1) is 5.92 Å². The maximum absolute atomic E-state index is 13.8. The minimum Gasteiger partial charge on any atom is -0.443 e. The molecule has 5 rings (SSSR count). The van der Waals surface area contributed by atoms with Crippen LogP contribution in [0.4, 0.5) is 10.5 Å². The number of aryl methyl sites for hydroxylation is 1. The Balaban J connectivity index is 1.34. The summed E-state index contributed by atoms with van der Waals surface area (Å²) in [6.07, 6.45) is 2.08. The van der Waals surface area contributed by atoms with Crippen molar-refractivity contribution < 1.29 is 22.7 Å². The predicted octanol–water partition coefficient (Wildman–Crippen LogP) is 5.70. The second kappa shape index (κ2) is 12.3. The standard InChI is InChI=1S/C33H39N3O5S/c1-33(2,3)41-32(38)36-27(20-18-25-14-10-11-17-30(25)36)22-34-31(37)26-19-21-29(24-12-6-4-7-13-24)35(23-26)42(39,40)28-15-8-5-9-16-28/h4-17,26-27,29H,18-23H2,1-3H3,(H,34,37)/t26-,27?,29-/m1/s1. The summed E-state index contributed by atoms with van der Waals surface area (Å²) >= 11 is 0. The van der Waals surface area contributed by atoms with E-state index in [0.29, 0.717) is 19.3 Å². The van der Waals surface area contributed by atoms with Gasteiger partial charge in [0.15, 0.2) is 0 Å². The van der Waals surface area contributed by atoms with Gasteiger partial charge in [0.1, 0.15) is 5.60 Å². The molecule has 1 unspecified atom stereocenters. The van der Waals surface area contributed by atoms with E-state index in [4.69, 9.17) is 4.74 Å². The van der Waals surface area contributed by atoms with Gasteiger partial charge < -0.3 is 10.1 Å². The number of rotatable bonds is 6. The predicted molar refractivity (Wildman–Crippen MR) is 163 cm³/mol. The zero-order valence-corrected chi connectivity index (χ0v) is 25.2. The lowest BCUT2D eigenvalue weighted by atomic mass is 9.90. The molecule has 0 aromatic heterocycles. The van der Waals surface area contributed by atoms with Gasteiger partial charge in [-0.1, -0.05) is 66.7 Å². The second-order valence-electron chi connectivity index (χ2n) is 12.0. The molecular formula is C33H39N3O5S. The van der Waals surface area contributed by atoms with Crippen molar-refractivity contribution in [2.24, 2.45) is 5.92 Å². The van der Waals surface area contributed by atoms with Crippen LogP contribution in [0.15, 0.2) is 89.8 Å². The fraction of sp³-hybridized carbons (Fsp3) is 0.394. The van der Waals surface area contributed by atoms with E-state index in [9.17, 15) is 18.0 Å². The van der Waals surface area contributed by atoms with Crippen molar-refractivity contribution in [2.45, 2.75) is 69.0 Å². The summed E-state index contributed by atoms with van der Waals surface area (Å²) in [5, 5.41) is 3.06. The van der Waals surface area contributed by atoms with Crippen molar-refractivity contribution >= 4 is 27.7 Å². The molecule has 0 radical (unpaired) electrons. The van der Waals surface area contributed by atoms with Gasteiger partial charge >= 0.3 is 6.09 Å². The molecule has 9 heteroatoms. The quantitative estimate of drug-likeness (QED) is 0.398. The van der Waals surface area contributed by atoms with Crippen LogP contribution in [-0.2, 0) is 26.0 Å². The largest absolute Gasteiger partial charge is 0.443 e. The third-order valence-corrected chi connectivity index (χ3v) is 9.80. The molecule has 2 amide bonds. The van der Waals surface area contributed by atoms with Crippen molar-refractivity contribution in [1.29, 1.82) is 0 Å². The highest BCUT2D eigenvalue weighted by molar-refractivity contribution is 7.89. The highest BCUT2D eigenvalue weighted by Crippen LogP contribution is 2.38. The van der Waals surface area contributed by atoms with Crippen LogP contribution >= 0.6 is 0 Å². The summed E-state index contributed by atoms with van der Waals surface area (Å²) in [5.74, 6) is -0.730. The topological polar surface area (TPSA) is 96.0 Å². The Bertz CT molecular complexity index is 1510. The van der Waals surface area contributed by atoms with Gasteiger partial charge in [-0.3, -0.25) is 9.69 Å². The summed E-state index contributed by atoms with van der Waals surface area (Å²) in [6, 6.07) is 25.1. The van der Waals surface area contributed by atoms with Gasteiger partial charge in [-0.25, -0.2) is 13.2 Å². The number of anilines is 1. The van der Waals surface area contributed by atoms with Crippen molar-refractivity contribution in [3.8, 4) is 0 Å². The first-order valence-corrected chi connectivity index (χ1v) is 16.0. The Labute approximate surface area is 248 Å². The lowest BCUT2D eigenvalue weighted by molar-refractivity contribution is -0.126. The number of benzene rings is 3. The molecule has 2 aliphatic heterocycles. The molecular weight excluding hydrogens is 550 g/mol. The minimum atomic E-state index is -3.85. The van der Waals surface area contributed by atoms with Gasteiger partial charge in [-0.2, -0.15) is 4.31 Å². The summed E-state index contributed by atoms with van der Waals surface area (Å²) in [5.41, 5.74) is 2.10. The number of nitrogens with zero attached hydrogens (tertiary/aromatic N) is 2. The van der Waals surface area contributed by atoms with Gasteiger partial charge in [0, 0.05) is 13.1 Å². The molecule has 42 heavy (non-hydrogen) atoms. The maximum atomic E-state index is 13.8. The Morgan fingerprint density at radius 1 is 0.881 bits per heavy atom.